The summed E-state index contributed by atoms with van der Waals surface area (Å²) in [7, 11) is 0. The van der Waals surface area contributed by atoms with E-state index in [1.165, 1.54) is 12.1 Å². The van der Waals surface area contributed by atoms with E-state index in [9.17, 15) is 14.7 Å². The molecule has 1 saturated heterocycles. The molecule has 0 spiro atoms. The first kappa shape index (κ1) is 16.0. The lowest BCUT2D eigenvalue weighted by molar-refractivity contribution is -0.152. The first-order chi connectivity index (χ1) is 9.89. The molecule has 0 radical (unpaired) electrons. The van der Waals surface area contributed by atoms with Crippen LogP contribution in [-0.4, -0.2) is 40.0 Å². The van der Waals surface area contributed by atoms with E-state index in [1.54, 1.807) is 4.90 Å². The SMILES string of the molecule is CCC1(C(=O)O)CCN(C(=O)c2nc(Cl)ccc2Cl)CC1. The van der Waals surface area contributed by atoms with E-state index in [-0.39, 0.29) is 21.8 Å². The second-order valence-electron chi connectivity index (χ2n) is 5.20. The summed E-state index contributed by atoms with van der Waals surface area (Å²) in [4.78, 5) is 29.4. The number of carboxylic acids is 1. The van der Waals surface area contributed by atoms with Gasteiger partial charge in [0.2, 0.25) is 0 Å². The van der Waals surface area contributed by atoms with Gasteiger partial charge in [-0.05, 0) is 31.4 Å². The van der Waals surface area contributed by atoms with E-state index in [0.717, 1.165) is 0 Å². The van der Waals surface area contributed by atoms with Crippen molar-refractivity contribution in [2.24, 2.45) is 5.41 Å². The Morgan fingerprint density at radius 1 is 1.33 bits per heavy atom. The smallest absolute Gasteiger partial charge is 0.309 e. The van der Waals surface area contributed by atoms with Crippen molar-refractivity contribution in [3.63, 3.8) is 0 Å². The van der Waals surface area contributed by atoms with Crippen molar-refractivity contribution in [2.45, 2.75) is 26.2 Å². The molecule has 0 atom stereocenters. The lowest BCUT2D eigenvalue weighted by atomic mass is 9.76. The molecule has 2 heterocycles. The van der Waals surface area contributed by atoms with Gasteiger partial charge in [0.25, 0.3) is 5.91 Å². The van der Waals surface area contributed by atoms with Crippen LogP contribution in [-0.2, 0) is 4.79 Å². The van der Waals surface area contributed by atoms with Gasteiger partial charge in [0.15, 0.2) is 0 Å². The van der Waals surface area contributed by atoms with Crippen LogP contribution in [0.5, 0.6) is 0 Å². The topological polar surface area (TPSA) is 70.5 Å². The van der Waals surface area contributed by atoms with Crippen LogP contribution in [0, 0.1) is 5.41 Å². The molecular weight excluding hydrogens is 315 g/mol. The van der Waals surface area contributed by atoms with Gasteiger partial charge in [0.05, 0.1) is 10.4 Å². The maximum absolute atomic E-state index is 12.4. The molecule has 114 valence electrons. The number of pyridine rings is 1. The summed E-state index contributed by atoms with van der Waals surface area (Å²) in [5.74, 6) is -1.10. The number of carbonyl (C=O) groups is 2. The quantitative estimate of drug-likeness (QED) is 0.864. The first-order valence-electron chi connectivity index (χ1n) is 6.74. The zero-order valence-corrected chi connectivity index (χ0v) is 13.1. The third-order valence-electron chi connectivity index (χ3n) is 4.15. The summed E-state index contributed by atoms with van der Waals surface area (Å²) in [6.07, 6.45) is 1.42. The largest absolute Gasteiger partial charge is 0.481 e. The molecule has 1 amide bonds. The number of nitrogens with zero attached hydrogens (tertiary/aromatic N) is 2. The second kappa shape index (κ2) is 6.20. The van der Waals surface area contributed by atoms with E-state index in [2.05, 4.69) is 4.98 Å². The van der Waals surface area contributed by atoms with Crippen LogP contribution in [0.2, 0.25) is 10.2 Å². The van der Waals surface area contributed by atoms with Crippen LogP contribution in [0.25, 0.3) is 0 Å². The highest BCUT2D eigenvalue weighted by atomic mass is 35.5. The van der Waals surface area contributed by atoms with Crippen molar-refractivity contribution >= 4 is 35.1 Å². The molecule has 1 fully saturated rings. The maximum Gasteiger partial charge on any atom is 0.309 e. The average molecular weight is 331 g/mol. The Bertz CT molecular complexity index is 569. The molecule has 0 bridgehead atoms. The fourth-order valence-corrected chi connectivity index (χ4v) is 2.91. The van der Waals surface area contributed by atoms with Crippen molar-refractivity contribution in [1.29, 1.82) is 0 Å². The normalized spacial score (nSPS) is 17.6. The third kappa shape index (κ3) is 3.14. The molecule has 7 heteroatoms. The maximum atomic E-state index is 12.4. The monoisotopic (exact) mass is 330 g/mol. The predicted octanol–water partition coefficient (Wildman–Crippen LogP) is 3.11. The lowest BCUT2D eigenvalue weighted by Crippen LogP contribution is -2.46. The molecule has 1 aromatic rings. The van der Waals surface area contributed by atoms with Gasteiger partial charge in [-0.2, -0.15) is 0 Å². The number of piperidine rings is 1. The molecule has 1 aliphatic rings. The molecule has 1 aliphatic heterocycles. The molecule has 1 aromatic heterocycles. The number of aromatic nitrogens is 1. The van der Waals surface area contributed by atoms with E-state index in [1.807, 2.05) is 6.92 Å². The molecule has 1 N–H and O–H groups in total. The molecule has 5 nitrogen and oxygen atoms in total. The van der Waals surface area contributed by atoms with E-state index in [0.29, 0.717) is 32.4 Å². The molecule has 0 saturated carbocycles. The molecule has 0 unspecified atom stereocenters. The van der Waals surface area contributed by atoms with Gasteiger partial charge in [0.1, 0.15) is 10.8 Å². The zero-order valence-electron chi connectivity index (χ0n) is 11.6. The summed E-state index contributed by atoms with van der Waals surface area (Å²) in [5, 5.41) is 9.80. The Hall–Kier alpha value is -1.33. The molecule has 0 aromatic carbocycles. The van der Waals surface area contributed by atoms with E-state index >= 15 is 0 Å². The number of halogens is 2. The predicted molar refractivity (Wildman–Crippen MR) is 79.8 cm³/mol. The fraction of sp³-hybridized carbons (Fsp3) is 0.500. The van der Waals surface area contributed by atoms with Gasteiger partial charge in [0, 0.05) is 13.1 Å². The van der Waals surface area contributed by atoms with Crippen molar-refractivity contribution < 1.29 is 14.7 Å². The van der Waals surface area contributed by atoms with Gasteiger partial charge in [-0.25, -0.2) is 4.98 Å². The van der Waals surface area contributed by atoms with Crippen LogP contribution in [0.1, 0.15) is 36.7 Å². The van der Waals surface area contributed by atoms with E-state index in [4.69, 9.17) is 23.2 Å². The van der Waals surface area contributed by atoms with Gasteiger partial charge in [-0.15, -0.1) is 0 Å². The molecular formula is C14H16Cl2N2O3. The second-order valence-corrected chi connectivity index (χ2v) is 5.99. The van der Waals surface area contributed by atoms with Gasteiger partial charge in [-0.3, -0.25) is 9.59 Å². The Morgan fingerprint density at radius 3 is 2.48 bits per heavy atom. The Morgan fingerprint density at radius 2 is 1.95 bits per heavy atom. The fourth-order valence-electron chi connectivity index (χ4n) is 2.57. The minimum absolute atomic E-state index is 0.114. The third-order valence-corrected chi connectivity index (χ3v) is 4.67. The lowest BCUT2D eigenvalue weighted by Gasteiger charge is -2.38. The summed E-state index contributed by atoms with van der Waals surface area (Å²) >= 11 is 11.8. The zero-order chi connectivity index (χ0) is 15.6. The minimum Gasteiger partial charge on any atom is -0.481 e. The molecule has 21 heavy (non-hydrogen) atoms. The highest BCUT2D eigenvalue weighted by Crippen LogP contribution is 2.35. The number of carbonyl (C=O) groups excluding carboxylic acids is 1. The van der Waals surface area contributed by atoms with Crippen LogP contribution in [0.3, 0.4) is 0 Å². The number of amides is 1. The minimum atomic E-state index is -0.795. The number of aliphatic carboxylic acids is 1. The Kier molecular flexibility index (Phi) is 4.74. The van der Waals surface area contributed by atoms with Crippen molar-refractivity contribution in [3.05, 3.63) is 28.0 Å². The average Bonchev–Trinajstić information content (AvgIpc) is 2.49. The van der Waals surface area contributed by atoms with Crippen molar-refractivity contribution in [1.82, 2.24) is 9.88 Å². The van der Waals surface area contributed by atoms with Crippen LogP contribution in [0.4, 0.5) is 0 Å². The summed E-state index contributed by atoms with van der Waals surface area (Å²) in [6.45, 7) is 2.62. The van der Waals surface area contributed by atoms with Crippen molar-refractivity contribution in [3.8, 4) is 0 Å². The number of hydrogen-bond donors (Lipinski definition) is 1. The number of hydrogen-bond acceptors (Lipinski definition) is 3. The highest BCUT2D eigenvalue weighted by Gasteiger charge is 2.41. The standard InChI is InChI=1S/C14H16Cl2N2O3/c1-2-14(13(20)21)5-7-18(8-6-14)12(19)11-9(15)3-4-10(16)17-11/h3-4H,2,5-8H2,1H3,(H,20,21). The number of carboxylic acid groups (broad SMARTS) is 1. The van der Waals surface area contributed by atoms with Gasteiger partial charge in [-0.1, -0.05) is 30.1 Å². The van der Waals surface area contributed by atoms with E-state index < -0.39 is 11.4 Å². The first-order valence-corrected chi connectivity index (χ1v) is 7.50. The summed E-state index contributed by atoms with van der Waals surface area (Å²) in [6, 6.07) is 3.05. The number of rotatable bonds is 3. The molecule has 2 rings (SSSR count). The Labute approximate surface area is 132 Å². The van der Waals surface area contributed by atoms with Crippen LogP contribution in [0.15, 0.2) is 12.1 Å². The summed E-state index contributed by atoms with van der Waals surface area (Å²) < 4.78 is 0. The molecule has 0 aliphatic carbocycles. The van der Waals surface area contributed by atoms with Gasteiger partial charge < -0.3 is 10.0 Å². The van der Waals surface area contributed by atoms with Gasteiger partial charge >= 0.3 is 5.97 Å². The van der Waals surface area contributed by atoms with Crippen LogP contribution >= 0.6 is 23.2 Å². The highest BCUT2D eigenvalue weighted by molar-refractivity contribution is 6.34. The van der Waals surface area contributed by atoms with Crippen molar-refractivity contribution in [2.75, 3.05) is 13.1 Å². The Balaban J connectivity index is 2.13. The number of likely N-dealkylation sites (tertiary alicyclic amines) is 1. The van der Waals surface area contributed by atoms with Crippen LogP contribution < -0.4 is 0 Å². The summed E-state index contributed by atoms with van der Waals surface area (Å²) in [5.41, 5.74) is -0.619.